The second-order valence-electron chi connectivity index (χ2n) is 7.34. The van der Waals surface area contributed by atoms with Crippen molar-refractivity contribution in [1.82, 2.24) is 0 Å². The first-order valence-corrected chi connectivity index (χ1v) is 10.8. The third-order valence-corrected chi connectivity index (χ3v) is 5.99. The fourth-order valence-electron chi connectivity index (χ4n) is 3.55. The van der Waals surface area contributed by atoms with Gasteiger partial charge >= 0.3 is 106 Å². The summed E-state index contributed by atoms with van der Waals surface area (Å²) in [5.41, 5.74) is -0.272. The summed E-state index contributed by atoms with van der Waals surface area (Å²) in [6.07, 6.45) is 2.52. The molecule has 0 heterocycles. The first-order valence-electron chi connectivity index (χ1n) is 9.41. The molecule has 2 aromatic rings. The number of carbonyl (C=O) groups excluding carboxylic acids is 1. The zero-order valence-corrected chi connectivity index (χ0v) is 27.2. The van der Waals surface area contributed by atoms with Gasteiger partial charge in [-0.1, -0.05) is 18.2 Å². The Hall–Kier alpha value is -1.02. The van der Waals surface area contributed by atoms with Gasteiger partial charge in [-0.05, 0) is 66.5 Å². The number of aromatic carboxylic acids is 1. The number of benzene rings is 2. The van der Waals surface area contributed by atoms with E-state index in [1.807, 2.05) is 0 Å². The number of carbonyl (C=O) groups is 2. The molecule has 0 radical (unpaired) electrons. The summed E-state index contributed by atoms with van der Waals surface area (Å²) in [5.74, 6) is -3.84. The normalized spacial score (nSPS) is 14.2. The molecule has 0 aromatic heterocycles. The van der Waals surface area contributed by atoms with Gasteiger partial charge in [-0.3, -0.25) is 9.35 Å². The Morgan fingerprint density at radius 3 is 2.00 bits per heavy atom. The van der Waals surface area contributed by atoms with Gasteiger partial charge < -0.3 is 15.3 Å². The van der Waals surface area contributed by atoms with E-state index in [-0.39, 0.29) is 122 Å². The van der Waals surface area contributed by atoms with Crippen LogP contribution >= 0.6 is 0 Å². The smallest absolute Gasteiger partial charge is 0.507 e. The quantitative estimate of drug-likeness (QED) is 0.126. The largest absolute Gasteiger partial charge is 1.00 e. The van der Waals surface area contributed by atoms with E-state index in [0.29, 0.717) is 0 Å². The second-order valence-corrected chi connectivity index (χ2v) is 8.73. The summed E-state index contributed by atoms with van der Waals surface area (Å²) in [4.78, 5) is 33.0. The van der Waals surface area contributed by atoms with E-state index < -0.39 is 49.6 Å². The van der Waals surface area contributed by atoms with Gasteiger partial charge in [0.25, 0.3) is 10.1 Å². The van der Waals surface area contributed by atoms with Crippen LogP contribution < -0.4 is 88.7 Å². The number of aryl methyl sites for hydroxylation is 1. The summed E-state index contributed by atoms with van der Waals surface area (Å²) in [5, 5.41) is 29.2. The minimum atomic E-state index is -4.74. The van der Waals surface area contributed by atoms with Gasteiger partial charge in [0.1, 0.15) is 16.2 Å². The maximum atomic E-state index is 12.1. The molecule has 0 unspecified atom stereocenters. The number of hydrogen-bond donors (Lipinski definition) is 4. The van der Waals surface area contributed by atoms with Crippen LogP contribution in [0, 0.1) is 6.92 Å². The van der Waals surface area contributed by atoms with Crippen LogP contribution in [0.25, 0.3) is 5.57 Å². The molecule has 0 atom stereocenters. The molecule has 0 saturated carbocycles. The molecule has 1 aliphatic rings. The van der Waals surface area contributed by atoms with E-state index in [0.717, 1.165) is 18.2 Å². The van der Waals surface area contributed by atoms with Crippen molar-refractivity contribution in [3.8, 4) is 5.75 Å². The van der Waals surface area contributed by atoms with Gasteiger partial charge in [-0.15, -0.1) is 0 Å². The number of aromatic hydroxyl groups is 1. The number of rotatable bonds is 5. The zero-order chi connectivity index (χ0) is 24.7. The number of phenols is 1. The molecular formula is C23H19Na3O9S+4. The van der Waals surface area contributed by atoms with Crippen LogP contribution in [-0.2, 0) is 14.9 Å². The van der Waals surface area contributed by atoms with E-state index in [1.165, 1.54) is 44.2 Å². The second kappa shape index (κ2) is 13.7. The Morgan fingerprint density at radius 1 is 0.889 bits per heavy atom. The predicted molar refractivity (Wildman–Crippen MR) is 119 cm³/mol. The van der Waals surface area contributed by atoms with Crippen LogP contribution in [0.1, 0.15) is 34.0 Å². The molecular weight excluding hydrogens is 521 g/mol. The Bertz CT molecular complexity index is 1440. The Labute approximate surface area is 273 Å². The van der Waals surface area contributed by atoms with Crippen LogP contribution in [0.3, 0.4) is 0 Å². The summed E-state index contributed by atoms with van der Waals surface area (Å²) in [7, 11) is -4.74. The number of carboxylic acids is 2. The molecule has 0 bridgehead atoms. The average Bonchev–Trinajstić information content (AvgIpc) is 2.72. The van der Waals surface area contributed by atoms with Crippen molar-refractivity contribution in [1.29, 1.82) is 0 Å². The number of ketones is 1. The monoisotopic (exact) mass is 540 g/mol. The average molecular weight is 540 g/mol. The molecule has 13 heteroatoms. The van der Waals surface area contributed by atoms with E-state index in [4.69, 9.17) is 0 Å². The summed E-state index contributed by atoms with van der Waals surface area (Å²) < 4.78 is 34.0. The van der Waals surface area contributed by atoms with Crippen molar-refractivity contribution in [2.24, 2.45) is 0 Å². The first-order chi connectivity index (χ1) is 15.3. The molecule has 3 rings (SSSR count). The van der Waals surface area contributed by atoms with Crippen molar-refractivity contribution in [3.63, 3.8) is 0 Å². The molecule has 0 amide bonds. The van der Waals surface area contributed by atoms with Crippen molar-refractivity contribution in [2.45, 2.75) is 18.7 Å². The fourth-order valence-corrected chi connectivity index (χ4v) is 4.25. The number of allylic oxidation sites excluding steroid dienone is 4. The van der Waals surface area contributed by atoms with Crippen molar-refractivity contribution in [3.05, 3.63) is 87.5 Å². The number of hydrogen-bond acceptors (Lipinski definition) is 5. The molecule has 9 nitrogen and oxygen atoms in total. The van der Waals surface area contributed by atoms with Crippen LogP contribution in [0.5, 0.6) is 5.75 Å². The predicted octanol–water partition coefficient (Wildman–Crippen LogP) is -6.02. The van der Waals surface area contributed by atoms with Crippen molar-refractivity contribution >= 4 is 33.4 Å². The first kappa shape index (κ1) is 35.0. The maximum Gasteiger partial charge on any atom is 1.00 e. The zero-order valence-electron chi connectivity index (χ0n) is 20.4. The van der Waals surface area contributed by atoms with Gasteiger partial charge in [-0.25, -0.2) is 9.59 Å². The number of aliphatic carboxylic acids is 1. The van der Waals surface area contributed by atoms with E-state index in [9.17, 15) is 42.7 Å². The topological polar surface area (TPSA) is 171 Å². The van der Waals surface area contributed by atoms with Crippen molar-refractivity contribution in [2.75, 3.05) is 0 Å². The molecule has 0 aliphatic heterocycles. The molecule has 36 heavy (non-hydrogen) atoms. The third-order valence-electron chi connectivity index (χ3n) is 5.07. The minimum Gasteiger partial charge on any atom is -0.507 e. The van der Waals surface area contributed by atoms with Crippen LogP contribution in [-0.4, -0.2) is 50.8 Å². The Kier molecular flexibility index (Phi) is 13.3. The Balaban J connectivity index is 0.00000408. The molecule has 1 aliphatic carbocycles. The molecule has 5 N–H and O–H groups in total. The molecule has 2 aromatic carbocycles. The summed E-state index contributed by atoms with van der Waals surface area (Å²) >= 11 is 0. The van der Waals surface area contributed by atoms with Crippen LogP contribution in [0.4, 0.5) is 0 Å². The SMILES string of the molecule is CC1=C/C(=C(/c2cc(C)c(O)c(C(=O)O)c2)c2ccccc2S(=O)(=O)O)C=C(C(=O)O)C1=[OH+].[Na+].[Na+].[Na+]. The van der Waals surface area contributed by atoms with Gasteiger partial charge in [0, 0.05) is 5.56 Å². The standard InChI is InChI=1S/C23H18O9S.3Na/c1-11-7-13(9-16(20(11)24)22(26)27)19(15-5-3-4-6-18(15)33(30,31)32)14-8-12(2)21(25)17(10-14)23(28)29;;;/h3-10,24H,1-2H3,(H,26,27)(H,28,29)(H,30,31,32);;;/q;3*+1/p+1/b19-14+;;;. The van der Waals surface area contributed by atoms with Gasteiger partial charge in [-0.2, -0.15) is 8.42 Å². The minimum absolute atomic E-state index is 0. The number of carboxylic acid groups (broad SMARTS) is 2. The summed E-state index contributed by atoms with van der Waals surface area (Å²) in [6, 6.07) is 7.88. The van der Waals surface area contributed by atoms with E-state index >= 15 is 0 Å². The van der Waals surface area contributed by atoms with Gasteiger partial charge in [0.2, 0.25) is 0 Å². The van der Waals surface area contributed by atoms with Gasteiger partial charge in [0.15, 0.2) is 5.57 Å². The van der Waals surface area contributed by atoms with Crippen LogP contribution in [0.15, 0.2) is 70.2 Å². The fraction of sp³-hybridized carbons (Fsp3) is 0.0870. The maximum absolute atomic E-state index is 12.1. The van der Waals surface area contributed by atoms with E-state index in [1.54, 1.807) is 0 Å². The summed E-state index contributed by atoms with van der Waals surface area (Å²) in [6.45, 7) is 2.89. The third kappa shape index (κ3) is 7.30. The van der Waals surface area contributed by atoms with Crippen molar-refractivity contribution < 1.29 is 131 Å². The van der Waals surface area contributed by atoms with E-state index in [2.05, 4.69) is 0 Å². The van der Waals surface area contributed by atoms with Crippen LogP contribution in [0.2, 0.25) is 0 Å². The molecule has 0 fully saturated rings. The van der Waals surface area contributed by atoms with Gasteiger partial charge in [0.05, 0.1) is 5.57 Å². The Morgan fingerprint density at radius 2 is 1.47 bits per heavy atom. The molecule has 0 spiro atoms. The molecule has 0 saturated heterocycles. The molecule has 170 valence electrons.